The molecule has 0 aromatic heterocycles. The number of nitrogens with zero attached hydrogens (tertiary/aromatic N) is 1. The zero-order valence-electron chi connectivity index (χ0n) is 11.0. The molecule has 0 aliphatic carbocycles. The predicted molar refractivity (Wildman–Crippen MR) is 76.2 cm³/mol. The summed E-state index contributed by atoms with van der Waals surface area (Å²) in [5.74, 6) is 0.860. The Labute approximate surface area is 108 Å². The summed E-state index contributed by atoms with van der Waals surface area (Å²) in [6, 6.07) is 14.1. The van der Waals surface area contributed by atoms with Gasteiger partial charge < -0.3 is 4.74 Å². The summed E-state index contributed by atoms with van der Waals surface area (Å²) in [6.45, 7) is 4.15. The van der Waals surface area contributed by atoms with Crippen LogP contribution in [0.25, 0.3) is 0 Å². The van der Waals surface area contributed by atoms with Gasteiger partial charge in [0.05, 0.1) is 12.8 Å². The lowest BCUT2D eigenvalue weighted by Gasteiger charge is -2.03. The summed E-state index contributed by atoms with van der Waals surface area (Å²) in [7, 11) is 1.67. The van der Waals surface area contributed by atoms with E-state index >= 15 is 0 Å². The van der Waals surface area contributed by atoms with Gasteiger partial charge in [0.15, 0.2) is 0 Å². The highest BCUT2D eigenvalue weighted by Gasteiger charge is 1.98. The van der Waals surface area contributed by atoms with Crippen LogP contribution in [0.5, 0.6) is 5.75 Å². The van der Waals surface area contributed by atoms with Crippen LogP contribution in [0.3, 0.4) is 0 Å². The van der Waals surface area contributed by atoms with E-state index in [4.69, 9.17) is 4.74 Å². The molecule has 2 nitrogen and oxygen atoms in total. The number of hydrogen-bond acceptors (Lipinski definition) is 2. The van der Waals surface area contributed by atoms with Gasteiger partial charge >= 0.3 is 0 Å². The molecular weight excluding hydrogens is 222 g/mol. The predicted octanol–water partition coefficient (Wildman–Crippen LogP) is 4.06. The van der Waals surface area contributed by atoms with E-state index < -0.39 is 0 Å². The maximum atomic E-state index is 5.13. The monoisotopic (exact) mass is 239 g/mol. The molecule has 0 aliphatic rings. The molecule has 0 saturated carbocycles. The van der Waals surface area contributed by atoms with E-state index in [9.17, 15) is 0 Å². The molecule has 0 amide bonds. The molecule has 0 saturated heterocycles. The lowest BCUT2D eigenvalue weighted by atomic mass is 10.1. The minimum Gasteiger partial charge on any atom is -0.497 e. The van der Waals surface area contributed by atoms with Crippen molar-refractivity contribution in [1.82, 2.24) is 0 Å². The molecule has 0 spiro atoms. The molecule has 2 heteroatoms. The number of benzene rings is 2. The first-order valence-electron chi connectivity index (χ1n) is 5.95. The van der Waals surface area contributed by atoms with Gasteiger partial charge in [-0.25, -0.2) is 0 Å². The van der Waals surface area contributed by atoms with Crippen molar-refractivity contribution in [3.8, 4) is 5.75 Å². The summed E-state index contributed by atoms with van der Waals surface area (Å²) in [6.07, 6.45) is 1.88. The second-order valence-corrected chi connectivity index (χ2v) is 4.27. The highest BCUT2D eigenvalue weighted by Crippen LogP contribution is 2.22. The van der Waals surface area contributed by atoms with Gasteiger partial charge in [-0.3, -0.25) is 4.99 Å². The molecule has 0 aliphatic heterocycles. The Kier molecular flexibility index (Phi) is 3.78. The summed E-state index contributed by atoms with van der Waals surface area (Å²) >= 11 is 0. The molecule has 18 heavy (non-hydrogen) atoms. The first-order chi connectivity index (χ1) is 8.70. The van der Waals surface area contributed by atoms with Crippen molar-refractivity contribution in [3.05, 3.63) is 59.2 Å². The van der Waals surface area contributed by atoms with Crippen molar-refractivity contribution in [2.75, 3.05) is 7.11 Å². The SMILES string of the molecule is COc1ccc(C=Nc2c(C)cccc2C)cc1. The van der Waals surface area contributed by atoms with E-state index in [1.807, 2.05) is 30.5 Å². The average molecular weight is 239 g/mol. The standard InChI is InChI=1S/C16H17NO/c1-12-5-4-6-13(2)16(12)17-11-14-7-9-15(18-3)10-8-14/h4-11H,1-3H3. The van der Waals surface area contributed by atoms with E-state index in [1.54, 1.807) is 7.11 Å². The number of methoxy groups -OCH3 is 1. The Morgan fingerprint density at radius 3 is 2.11 bits per heavy atom. The maximum absolute atomic E-state index is 5.13. The lowest BCUT2D eigenvalue weighted by molar-refractivity contribution is 0.415. The normalized spacial score (nSPS) is 10.8. The van der Waals surface area contributed by atoms with Gasteiger partial charge in [0.1, 0.15) is 5.75 Å². The maximum Gasteiger partial charge on any atom is 0.118 e. The number of aliphatic imine (C=N–C) groups is 1. The Bertz CT molecular complexity index is 536. The number of para-hydroxylation sites is 1. The molecule has 0 radical (unpaired) electrons. The van der Waals surface area contributed by atoms with Gasteiger partial charge in [0, 0.05) is 6.21 Å². The third kappa shape index (κ3) is 2.77. The smallest absolute Gasteiger partial charge is 0.118 e. The second-order valence-electron chi connectivity index (χ2n) is 4.27. The van der Waals surface area contributed by atoms with Crippen molar-refractivity contribution in [3.63, 3.8) is 0 Å². The molecule has 0 bridgehead atoms. The number of rotatable bonds is 3. The molecule has 0 N–H and O–H groups in total. The molecule has 0 heterocycles. The molecule has 0 fully saturated rings. The minimum absolute atomic E-state index is 0.860. The topological polar surface area (TPSA) is 21.6 Å². The highest BCUT2D eigenvalue weighted by atomic mass is 16.5. The van der Waals surface area contributed by atoms with Crippen LogP contribution >= 0.6 is 0 Å². The van der Waals surface area contributed by atoms with Crippen LogP contribution in [0.15, 0.2) is 47.5 Å². The van der Waals surface area contributed by atoms with E-state index in [1.165, 1.54) is 11.1 Å². The fraction of sp³-hybridized carbons (Fsp3) is 0.188. The Morgan fingerprint density at radius 1 is 0.944 bits per heavy atom. The van der Waals surface area contributed by atoms with Gasteiger partial charge in [-0.2, -0.15) is 0 Å². The van der Waals surface area contributed by atoms with Crippen LogP contribution in [0.4, 0.5) is 5.69 Å². The van der Waals surface area contributed by atoms with Gasteiger partial charge in [0.2, 0.25) is 0 Å². The number of ether oxygens (including phenoxy) is 1. The largest absolute Gasteiger partial charge is 0.497 e. The molecule has 92 valence electrons. The summed E-state index contributed by atoms with van der Waals surface area (Å²) < 4.78 is 5.13. The van der Waals surface area contributed by atoms with Crippen LogP contribution in [0, 0.1) is 13.8 Å². The van der Waals surface area contributed by atoms with Crippen LogP contribution in [0.2, 0.25) is 0 Å². The van der Waals surface area contributed by atoms with Crippen molar-refractivity contribution < 1.29 is 4.74 Å². The number of aryl methyl sites for hydroxylation is 2. The highest BCUT2D eigenvalue weighted by molar-refractivity contribution is 5.82. The zero-order valence-corrected chi connectivity index (χ0v) is 11.0. The van der Waals surface area contributed by atoms with E-state index in [-0.39, 0.29) is 0 Å². The van der Waals surface area contributed by atoms with Gasteiger partial charge in [-0.1, -0.05) is 18.2 Å². The quantitative estimate of drug-likeness (QED) is 0.740. The van der Waals surface area contributed by atoms with Crippen LogP contribution < -0.4 is 4.74 Å². The van der Waals surface area contributed by atoms with Crippen LogP contribution in [-0.2, 0) is 0 Å². The van der Waals surface area contributed by atoms with Gasteiger partial charge in [-0.05, 0) is 54.8 Å². The van der Waals surface area contributed by atoms with E-state index in [0.717, 1.165) is 17.0 Å². The minimum atomic E-state index is 0.860. The number of hydrogen-bond donors (Lipinski definition) is 0. The fourth-order valence-corrected chi connectivity index (χ4v) is 1.84. The van der Waals surface area contributed by atoms with Crippen molar-refractivity contribution in [1.29, 1.82) is 0 Å². The Morgan fingerprint density at radius 2 is 1.56 bits per heavy atom. The lowest BCUT2D eigenvalue weighted by Crippen LogP contribution is -1.85. The summed E-state index contributed by atoms with van der Waals surface area (Å²) in [4.78, 5) is 4.57. The second kappa shape index (κ2) is 5.50. The summed E-state index contributed by atoms with van der Waals surface area (Å²) in [5.41, 5.74) is 4.51. The van der Waals surface area contributed by atoms with E-state index in [2.05, 4.69) is 37.0 Å². The third-order valence-electron chi connectivity index (χ3n) is 2.90. The summed E-state index contributed by atoms with van der Waals surface area (Å²) in [5, 5.41) is 0. The molecule has 0 unspecified atom stereocenters. The third-order valence-corrected chi connectivity index (χ3v) is 2.90. The molecule has 0 atom stereocenters. The van der Waals surface area contributed by atoms with Gasteiger partial charge in [-0.15, -0.1) is 0 Å². The first kappa shape index (κ1) is 12.4. The van der Waals surface area contributed by atoms with Crippen molar-refractivity contribution in [2.45, 2.75) is 13.8 Å². The molecule has 2 rings (SSSR count). The first-order valence-corrected chi connectivity index (χ1v) is 5.95. The Hall–Kier alpha value is -2.09. The van der Waals surface area contributed by atoms with E-state index in [0.29, 0.717) is 0 Å². The van der Waals surface area contributed by atoms with Crippen molar-refractivity contribution in [2.24, 2.45) is 4.99 Å². The van der Waals surface area contributed by atoms with Crippen LogP contribution in [0.1, 0.15) is 16.7 Å². The molecule has 2 aromatic rings. The average Bonchev–Trinajstić information content (AvgIpc) is 2.39. The fourth-order valence-electron chi connectivity index (χ4n) is 1.84. The van der Waals surface area contributed by atoms with Gasteiger partial charge in [0.25, 0.3) is 0 Å². The molecular formula is C16H17NO. The van der Waals surface area contributed by atoms with Crippen molar-refractivity contribution >= 4 is 11.9 Å². The molecule has 2 aromatic carbocycles. The van der Waals surface area contributed by atoms with Crippen LogP contribution in [-0.4, -0.2) is 13.3 Å². The Balaban J connectivity index is 2.24. The zero-order chi connectivity index (χ0) is 13.0.